The molecule has 2 fully saturated rings. The molecular weight excluding hydrogens is 234 g/mol. The van der Waals surface area contributed by atoms with Crippen LogP contribution in [0.5, 0.6) is 0 Å². The number of rotatable bonds is 4. The molecule has 1 aromatic heterocycles. The van der Waals surface area contributed by atoms with Crippen LogP contribution in [-0.2, 0) is 6.54 Å². The molecule has 2 atom stereocenters. The summed E-state index contributed by atoms with van der Waals surface area (Å²) in [6.45, 7) is 8.65. The average molecular weight is 259 g/mol. The van der Waals surface area contributed by atoms with Gasteiger partial charge >= 0.3 is 0 Å². The highest BCUT2D eigenvalue weighted by molar-refractivity contribution is 5.46. The van der Waals surface area contributed by atoms with E-state index in [-0.39, 0.29) is 0 Å². The summed E-state index contributed by atoms with van der Waals surface area (Å²) in [5.74, 6) is 2.12. The van der Waals surface area contributed by atoms with Gasteiger partial charge in [-0.15, -0.1) is 0 Å². The van der Waals surface area contributed by atoms with Crippen molar-refractivity contribution >= 4 is 5.82 Å². The van der Waals surface area contributed by atoms with Crippen molar-refractivity contribution in [2.75, 3.05) is 11.4 Å². The van der Waals surface area contributed by atoms with Crippen molar-refractivity contribution in [3.05, 3.63) is 23.4 Å². The molecule has 1 aliphatic heterocycles. The van der Waals surface area contributed by atoms with Gasteiger partial charge in [-0.2, -0.15) is 0 Å². The van der Waals surface area contributed by atoms with Crippen LogP contribution < -0.4 is 10.2 Å². The Bertz CT molecular complexity index is 455. The molecule has 19 heavy (non-hydrogen) atoms. The molecule has 3 rings (SSSR count). The highest BCUT2D eigenvalue weighted by Crippen LogP contribution is 2.39. The molecule has 2 bridgehead atoms. The van der Waals surface area contributed by atoms with Crippen molar-refractivity contribution in [2.45, 2.75) is 58.7 Å². The third-order valence-electron chi connectivity index (χ3n) is 4.42. The summed E-state index contributed by atoms with van der Waals surface area (Å²) in [5.41, 5.74) is 2.50. The molecule has 2 aliphatic rings. The van der Waals surface area contributed by atoms with Gasteiger partial charge < -0.3 is 10.2 Å². The Morgan fingerprint density at radius 2 is 2.21 bits per heavy atom. The van der Waals surface area contributed by atoms with Crippen LogP contribution in [0.15, 0.2) is 12.1 Å². The standard InChI is InChI=1S/C16H25N3/c1-11(2)17-9-14-6-12(3)18-16(8-14)19-10-13-4-5-15(19)7-13/h6,8,11,13,15,17H,4-5,7,9-10H2,1-3H3. The van der Waals surface area contributed by atoms with Gasteiger partial charge in [-0.05, 0) is 49.8 Å². The summed E-state index contributed by atoms with van der Waals surface area (Å²) in [5, 5.41) is 3.49. The zero-order chi connectivity index (χ0) is 13.4. The van der Waals surface area contributed by atoms with Gasteiger partial charge in [-0.1, -0.05) is 13.8 Å². The first-order chi connectivity index (χ1) is 9.11. The van der Waals surface area contributed by atoms with E-state index in [4.69, 9.17) is 4.98 Å². The largest absolute Gasteiger partial charge is 0.353 e. The van der Waals surface area contributed by atoms with Gasteiger partial charge in [0, 0.05) is 30.9 Å². The van der Waals surface area contributed by atoms with E-state index in [0.29, 0.717) is 6.04 Å². The minimum atomic E-state index is 0.528. The van der Waals surface area contributed by atoms with E-state index in [0.717, 1.165) is 24.2 Å². The lowest BCUT2D eigenvalue weighted by Gasteiger charge is -2.28. The van der Waals surface area contributed by atoms with Crippen LogP contribution in [0, 0.1) is 12.8 Å². The summed E-state index contributed by atoms with van der Waals surface area (Å²) in [4.78, 5) is 7.30. The van der Waals surface area contributed by atoms with Gasteiger partial charge in [-0.25, -0.2) is 4.98 Å². The summed E-state index contributed by atoms with van der Waals surface area (Å²) < 4.78 is 0. The highest BCUT2D eigenvalue weighted by atomic mass is 15.2. The molecule has 2 heterocycles. The van der Waals surface area contributed by atoms with Crippen LogP contribution in [-0.4, -0.2) is 23.6 Å². The second kappa shape index (κ2) is 5.12. The lowest BCUT2D eigenvalue weighted by molar-refractivity contribution is 0.549. The van der Waals surface area contributed by atoms with Crippen molar-refractivity contribution in [3.8, 4) is 0 Å². The van der Waals surface area contributed by atoms with E-state index in [9.17, 15) is 0 Å². The normalized spacial score (nSPS) is 25.6. The van der Waals surface area contributed by atoms with E-state index in [1.807, 2.05) is 0 Å². The minimum Gasteiger partial charge on any atom is -0.353 e. The van der Waals surface area contributed by atoms with Gasteiger partial charge in [0.05, 0.1) is 0 Å². The number of hydrogen-bond acceptors (Lipinski definition) is 3. The molecule has 104 valence electrons. The third-order valence-corrected chi connectivity index (χ3v) is 4.42. The van der Waals surface area contributed by atoms with Crippen molar-refractivity contribution in [1.82, 2.24) is 10.3 Å². The summed E-state index contributed by atoms with van der Waals surface area (Å²) in [6, 6.07) is 5.76. The summed E-state index contributed by atoms with van der Waals surface area (Å²) in [7, 11) is 0. The maximum Gasteiger partial charge on any atom is 0.129 e. The molecule has 1 saturated carbocycles. The fourth-order valence-electron chi connectivity index (χ4n) is 3.50. The van der Waals surface area contributed by atoms with Gasteiger partial charge in [0.15, 0.2) is 0 Å². The molecular formula is C16H25N3. The molecule has 1 N–H and O–H groups in total. The zero-order valence-electron chi connectivity index (χ0n) is 12.3. The first-order valence-electron chi connectivity index (χ1n) is 7.59. The first kappa shape index (κ1) is 12.9. The smallest absolute Gasteiger partial charge is 0.129 e. The Morgan fingerprint density at radius 1 is 1.37 bits per heavy atom. The number of nitrogens with zero attached hydrogens (tertiary/aromatic N) is 2. The highest BCUT2D eigenvalue weighted by Gasteiger charge is 2.38. The fourth-order valence-corrected chi connectivity index (χ4v) is 3.50. The van der Waals surface area contributed by atoms with E-state index < -0.39 is 0 Å². The molecule has 1 aliphatic carbocycles. The molecule has 0 spiro atoms. The van der Waals surface area contributed by atoms with Crippen molar-refractivity contribution in [3.63, 3.8) is 0 Å². The van der Waals surface area contributed by atoms with Crippen LogP contribution in [0.2, 0.25) is 0 Å². The quantitative estimate of drug-likeness (QED) is 0.901. The van der Waals surface area contributed by atoms with Gasteiger partial charge in [0.2, 0.25) is 0 Å². The average Bonchev–Trinajstić information content (AvgIpc) is 2.98. The third kappa shape index (κ3) is 2.76. The van der Waals surface area contributed by atoms with E-state index >= 15 is 0 Å². The Hall–Kier alpha value is -1.09. The summed E-state index contributed by atoms with van der Waals surface area (Å²) in [6.07, 6.45) is 4.17. The fraction of sp³-hybridized carbons (Fsp3) is 0.688. The second-order valence-corrected chi connectivity index (χ2v) is 6.50. The first-order valence-corrected chi connectivity index (χ1v) is 7.59. The number of piperidine rings is 1. The second-order valence-electron chi connectivity index (χ2n) is 6.50. The van der Waals surface area contributed by atoms with Crippen molar-refractivity contribution < 1.29 is 0 Å². The van der Waals surface area contributed by atoms with E-state index in [1.165, 1.54) is 37.2 Å². The molecule has 2 unspecified atom stereocenters. The SMILES string of the molecule is Cc1cc(CNC(C)C)cc(N2CC3CCC2C3)n1. The Kier molecular flexibility index (Phi) is 3.48. The van der Waals surface area contributed by atoms with Crippen LogP contribution in [0.4, 0.5) is 5.82 Å². The molecule has 0 amide bonds. The summed E-state index contributed by atoms with van der Waals surface area (Å²) >= 11 is 0. The topological polar surface area (TPSA) is 28.2 Å². The Morgan fingerprint density at radius 3 is 2.84 bits per heavy atom. The van der Waals surface area contributed by atoms with E-state index in [2.05, 4.69) is 43.1 Å². The molecule has 3 nitrogen and oxygen atoms in total. The molecule has 3 heteroatoms. The van der Waals surface area contributed by atoms with Crippen LogP contribution in [0.25, 0.3) is 0 Å². The van der Waals surface area contributed by atoms with Crippen LogP contribution >= 0.6 is 0 Å². The lowest BCUT2D eigenvalue weighted by atomic mass is 10.1. The Labute approximate surface area is 116 Å². The lowest BCUT2D eigenvalue weighted by Crippen LogP contribution is -2.33. The number of fused-ring (bicyclic) bond motifs is 2. The van der Waals surface area contributed by atoms with Crippen LogP contribution in [0.3, 0.4) is 0 Å². The van der Waals surface area contributed by atoms with Crippen molar-refractivity contribution in [1.29, 1.82) is 0 Å². The number of hydrogen-bond donors (Lipinski definition) is 1. The molecule has 0 radical (unpaired) electrons. The molecule has 0 aromatic carbocycles. The minimum absolute atomic E-state index is 0.528. The monoisotopic (exact) mass is 259 g/mol. The maximum atomic E-state index is 4.76. The zero-order valence-corrected chi connectivity index (χ0v) is 12.3. The molecule has 1 aromatic rings. The van der Waals surface area contributed by atoms with Crippen LogP contribution in [0.1, 0.15) is 44.4 Å². The Balaban J connectivity index is 1.77. The number of anilines is 1. The predicted octanol–water partition coefficient (Wildman–Crippen LogP) is 2.88. The number of aromatic nitrogens is 1. The number of nitrogens with one attached hydrogen (secondary N) is 1. The van der Waals surface area contributed by atoms with Gasteiger partial charge in [0.1, 0.15) is 5.82 Å². The van der Waals surface area contributed by atoms with Gasteiger partial charge in [0.25, 0.3) is 0 Å². The van der Waals surface area contributed by atoms with Crippen molar-refractivity contribution in [2.24, 2.45) is 5.92 Å². The molecule has 1 saturated heterocycles. The number of pyridine rings is 1. The van der Waals surface area contributed by atoms with E-state index in [1.54, 1.807) is 0 Å². The maximum absolute atomic E-state index is 4.76. The predicted molar refractivity (Wildman–Crippen MR) is 79.4 cm³/mol. The van der Waals surface area contributed by atoms with Gasteiger partial charge in [-0.3, -0.25) is 0 Å². The number of aryl methyl sites for hydroxylation is 1.